The molecule has 1 aromatic heterocycles. The lowest BCUT2D eigenvalue weighted by atomic mass is 10.1. The molecule has 0 atom stereocenters. The number of hydrogen-bond donors (Lipinski definition) is 1. The van der Waals surface area contributed by atoms with Gasteiger partial charge in [-0.1, -0.05) is 18.2 Å². The number of carbonyl (C=O) groups is 3. The maximum atomic E-state index is 12.7. The van der Waals surface area contributed by atoms with Crippen molar-refractivity contribution in [3.05, 3.63) is 75.0 Å². The molecule has 1 saturated heterocycles. The van der Waals surface area contributed by atoms with Crippen LogP contribution in [0.5, 0.6) is 5.75 Å². The van der Waals surface area contributed by atoms with Crippen molar-refractivity contribution in [3.63, 3.8) is 0 Å². The van der Waals surface area contributed by atoms with Crippen LogP contribution in [0, 0.1) is 6.92 Å². The fourth-order valence-electron chi connectivity index (χ4n) is 3.31. The summed E-state index contributed by atoms with van der Waals surface area (Å²) in [5.74, 6) is -0.545. The summed E-state index contributed by atoms with van der Waals surface area (Å²) in [6.45, 7) is 1.35. The molecule has 8 nitrogen and oxygen atoms in total. The molecule has 3 aromatic rings. The van der Waals surface area contributed by atoms with E-state index in [0.717, 1.165) is 27.6 Å². The maximum absolute atomic E-state index is 12.7. The lowest BCUT2D eigenvalue weighted by Crippen LogP contribution is -2.36. The molecule has 1 aliphatic heterocycles. The monoisotopic (exact) mass is 450 g/mol. The summed E-state index contributed by atoms with van der Waals surface area (Å²) < 4.78 is 10.4. The molecule has 162 valence electrons. The van der Waals surface area contributed by atoms with Gasteiger partial charge in [0.2, 0.25) is 5.91 Å². The van der Waals surface area contributed by atoms with E-state index in [1.54, 1.807) is 49.4 Å². The Morgan fingerprint density at radius 1 is 1.16 bits per heavy atom. The minimum absolute atomic E-state index is 0.204. The number of hydrogen-bond acceptors (Lipinski definition) is 7. The Kier molecular flexibility index (Phi) is 5.83. The summed E-state index contributed by atoms with van der Waals surface area (Å²) in [6, 6.07) is 13.4. The van der Waals surface area contributed by atoms with E-state index in [2.05, 4.69) is 5.32 Å². The zero-order valence-electron chi connectivity index (χ0n) is 17.2. The number of ether oxygens (including phenoxy) is 1. The third-order valence-electron chi connectivity index (χ3n) is 4.84. The van der Waals surface area contributed by atoms with Crippen LogP contribution in [0.2, 0.25) is 0 Å². The summed E-state index contributed by atoms with van der Waals surface area (Å²) in [5.41, 5.74) is 1.64. The predicted molar refractivity (Wildman–Crippen MR) is 122 cm³/mol. The van der Waals surface area contributed by atoms with E-state index >= 15 is 0 Å². The van der Waals surface area contributed by atoms with E-state index in [-0.39, 0.29) is 4.91 Å². The first kappa shape index (κ1) is 21.4. The van der Waals surface area contributed by atoms with Crippen LogP contribution in [0.4, 0.5) is 10.5 Å². The number of benzene rings is 2. The van der Waals surface area contributed by atoms with Crippen LogP contribution in [0.3, 0.4) is 0 Å². The van der Waals surface area contributed by atoms with Crippen LogP contribution in [0.1, 0.15) is 11.1 Å². The van der Waals surface area contributed by atoms with E-state index < -0.39 is 29.2 Å². The van der Waals surface area contributed by atoms with Crippen molar-refractivity contribution >= 4 is 51.5 Å². The van der Waals surface area contributed by atoms with Gasteiger partial charge in [0.05, 0.1) is 12.0 Å². The molecule has 3 amide bonds. The minimum atomic E-state index is -0.555. The topological polar surface area (TPSA) is 106 Å². The van der Waals surface area contributed by atoms with Gasteiger partial charge in [0.15, 0.2) is 0 Å². The second kappa shape index (κ2) is 8.72. The van der Waals surface area contributed by atoms with Crippen LogP contribution in [0.15, 0.2) is 62.6 Å². The molecule has 32 heavy (non-hydrogen) atoms. The van der Waals surface area contributed by atoms with E-state index in [0.29, 0.717) is 22.6 Å². The highest BCUT2D eigenvalue weighted by Crippen LogP contribution is 2.33. The molecule has 1 N–H and O–H groups in total. The molecule has 0 unspecified atom stereocenters. The number of amides is 3. The van der Waals surface area contributed by atoms with E-state index in [4.69, 9.17) is 9.15 Å². The fraction of sp³-hybridized carbons (Fsp3) is 0.130. The number of thioether (sulfide) groups is 1. The fourth-order valence-corrected chi connectivity index (χ4v) is 4.14. The average molecular weight is 450 g/mol. The van der Waals surface area contributed by atoms with E-state index in [9.17, 15) is 19.2 Å². The number of carbonyl (C=O) groups excluding carboxylic acids is 3. The number of nitrogens with zero attached hydrogens (tertiary/aromatic N) is 1. The number of anilines is 1. The molecule has 0 radical (unpaired) electrons. The van der Waals surface area contributed by atoms with Gasteiger partial charge in [0, 0.05) is 28.8 Å². The van der Waals surface area contributed by atoms with Gasteiger partial charge in [0.1, 0.15) is 17.9 Å². The highest BCUT2D eigenvalue weighted by atomic mass is 32.2. The number of imide groups is 1. The first-order chi connectivity index (χ1) is 15.4. The third kappa shape index (κ3) is 4.28. The average Bonchev–Trinajstić information content (AvgIpc) is 3.01. The Hall–Kier alpha value is -3.85. The molecule has 0 aliphatic carbocycles. The summed E-state index contributed by atoms with van der Waals surface area (Å²) in [5, 5.41) is 2.84. The highest BCUT2D eigenvalue weighted by Gasteiger charge is 2.36. The highest BCUT2D eigenvalue weighted by molar-refractivity contribution is 8.18. The zero-order chi connectivity index (χ0) is 22.8. The number of nitrogens with one attached hydrogen (secondary N) is 1. The third-order valence-corrected chi connectivity index (χ3v) is 5.74. The summed E-state index contributed by atoms with van der Waals surface area (Å²) >= 11 is 0.762. The van der Waals surface area contributed by atoms with Gasteiger partial charge >= 0.3 is 5.63 Å². The first-order valence-corrected chi connectivity index (χ1v) is 10.4. The van der Waals surface area contributed by atoms with Gasteiger partial charge in [-0.05, 0) is 48.5 Å². The summed E-state index contributed by atoms with van der Waals surface area (Å²) in [4.78, 5) is 50.2. The van der Waals surface area contributed by atoms with Crippen molar-refractivity contribution in [3.8, 4) is 5.75 Å². The number of para-hydroxylation sites is 1. The quantitative estimate of drug-likeness (QED) is 0.466. The second-order valence-corrected chi connectivity index (χ2v) is 8.01. The molecular formula is C23H18N2O6S. The van der Waals surface area contributed by atoms with Gasteiger partial charge in [-0.2, -0.15) is 0 Å². The lowest BCUT2D eigenvalue weighted by molar-refractivity contribution is -0.127. The Morgan fingerprint density at radius 3 is 2.72 bits per heavy atom. The van der Waals surface area contributed by atoms with Gasteiger partial charge in [-0.25, -0.2) is 4.79 Å². The molecule has 1 aliphatic rings. The van der Waals surface area contributed by atoms with Crippen LogP contribution < -0.4 is 15.7 Å². The molecule has 2 aromatic carbocycles. The molecule has 4 rings (SSSR count). The molecule has 0 spiro atoms. The van der Waals surface area contributed by atoms with E-state index in [1.807, 2.05) is 0 Å². The molecule has 1 fully saturated rings. The SMILES string of the molecule is COc1ccccc1/C=C1\SC(=O)N(CC(=O)Nc2ccc3c(C)cc(=O)oc3c2)C1=O. The van der Waals surface area contributed by atoms with Crippen molar-refractivity contribution in [1.82, 2.24) is 4.90 Å². The number of fused-ring (bicyclic) bond motifs is 1. The standard InChI is InChI=1S/C23H18N2O6S/c1-13-9-21(27)31-18-11-15(7-8-16(13)18)24-20(26)12-25-22(28)19(32-23(25)29)10-14-5-3-4-6-17(14)30-2/h3-11H,12H2,1-2H3,(H,24,26)/b19-10-. The maximum Gasteiger partial charge on any atom is 0.336 e. The number of rotatable bonds is 5. The van der Waals surface area contributed by atoms with Crippen molar-refractivity contribution in [2.75, 3.05) is 19.0 Å². The Balaban J connectivity index is 1.49. The van der Waals surface area contributed by atoms with Crippen molar-refractivity contribution < 1.29 is 23.5 Å². The van der Waals surface area contributed by atoms with Gasteiger partial charge in [0.25, 0.3) is 11.1 Å². The van der Waals surface area contributed by atoms with Crippen LogP contribution in [-0.2, 0) is 9.59 Å². The molecule has 2 heterocycles. The van der Waals surface area contributed by atoms with Crippen molar-refractivity contribution in [2.45, 2.75) is 6.92 Å². The largest absolute Gasteiger partial charge is 0.496 e. The van der Waals surface area contributed by atoms with Gasteiger partial charge in [-0.15, -0.1) is 0 Å². The first-order valence-electron chi connectivity index (χ1n) is 9.58. The van der Waals surface area contributed by atoms with Crippen LogP contribution in [0.25, 0.3) is 17.0 Å². The normalized spacial score (nSPS) is 14.9. The van der Waals surface area contributed by atoms with E-state index in [1.165, 1.54) is 19.2 Å². The number of aryl methyl sites for hydroxylation is 1. The lowest BCUT2D eigenvalue weighted by Gasteiger charge is -2.13. The Labute approximate surface area is 186 Å². The van der Waals surface area contributed by atoms with Gasteiger partial charge in [-0.3, -0.25) is 19.3 Å². The smallest absolute Gasteiger partial charge is 0.336 e. The van der Waals surface area contributed by atoms with Crippen LogP contribution in [-0.4, -0.2) is 35.6 Å². The molecular weight excluding hydrogens is 432 g/mol. The van der Waals surface area contributed by atoms with Crippen LogP contribution >= 0.6 is 11.8 Å². The van der Waals surface area contributed by atoms with Gasteiger partial charge < -0.3 is 14.5 Å². The molecule has 9 heteroatoms. The summed E-state index contributed by atoms with van der Waals surface area (Å²) in [6.07, 6.45) is 1.56. The van der Waals surface area contributed by atoms with Crippen molar-refractivity contribution in [2.24, 2.45) is 0 Å². The molecule has 0 bridgehead atoms. The Morgan fingerprint density at radius 2 is 1.94 bits per heavy atom. The molecule has 0 saturated carbocycles. The predicted octanol–water partition coefficient (Wildman–Crippen LogP) is 3.79. The van der Waals surface area contributed by atoms with Crippen molar-refractivity contribution in [1.29, 1.82) is 0 Å². The number of methoxy groups -OCH3 is 1. The minimum Gasteiger partial charge on any atom is -0.496 e. The zero-order valence-corrected chi connectivity index (χ0v) is 18.0. The Bertz CT molecular complexity index is 1340. The second-order valence-electron chi connectivity index (χ2n) is 7.02. The summed E-state index contributed by atoms with van der Waals surface area (Å²) in [7, 11) is 1.52.